The fourth-order valence-electron chi connectivity index (χ4n) is 4.44. The number of halogens is 1. The SMILES string of the molecule is COc1ccc(CCNC(=O)c2ccc(Cl)c(S(=O)(=O)N[C@@H]3CCCc4ccccc43)c2)cc1OC. The first-order valence-electron chi connectivity index (χ1n) is 11.7. The van der Waals surface area contributed by atoms with Crippen molar-refractivity contribution in [3.63, 3.8) is 0 Å². The fraction of sp³-hybridized carbons (Fsp3) is 0.296. The zero-order chi connectivity index (χ0) is 25.7. The summed E-state index contributed by atoms with van der Waals surface area (Å²) in [5, 5.41) is 2.90. The molecule has 0 heterocycles. The monoisotopic (exact) mass is 528 g/mol. The van der Waals surface area contributed by atoms with Gasteiger partial charge < -0.3 is 14.8 Å². The quantitative estimate of drug-likeness (QED) is 0.420. The maximum Gasteiger partial charge on any atom is 0.251 e. The van der Waals surface area contributed by atoms with Gasteiger partial charge in [0.25, 0.3) is 5.91 Å². The molecule has 1 aliphatic carbocycles. The highest BCUT2D eigenvalue weighted by atomic mass is 35.5. The molecule has 0 spiro atoms. The number of hydrogen-bond donors (Lipinski definition) is 2. The Kier molecular flexibility index (Phi) is 8.18. The first-order valence-corrected chi connectivity index (χ1v) is 13.6. The Morgan fingerprint density at radius 3 is 2.58 bits per heavy atom. The van der Waals surface area contributed by atoms with Gasteiger partial charge in [-0.05, 0) is 72.7 Å². The van der Waals surface area contributed by atoms with E-state index < -0.39 is 10.0 Å². The minimum absolute atomic E-state index is 0.0634. The molecule has 0 aromatic heterocycles. The maximum absolute atomic E-state index is 13.3. The minimum Gasteiger partial charge on any atom is -0.493 e. The van der Waals surface area contributed by atoms with Gasteiger partial charge in [-0.25, -0.2) is 13.1 Å². The van der Waals surface area contributed by atoms with Crippen LogP contribution in [0.1, 0.15) is 45.9 Å². The molecule has 0 radical (unpaired) electrons. The van der Waals surface area contributed by atoms with Crippen molar-refractivity contribution in [3.05, 3.63) is 87.9 Å². The van der Waals surface area contributed by atoms with Crippen molar-refractivity contribution in [2.24, 2.45) is 0 Å². The molecule has 9 heteroatoms. The van der Waals surface area contributed by atoms with E-state index in [4.69, 9.17) is 21.1 Å². The van der Waals surface area contributed by atoms with Gasteiger partial charge in [0, 0.05) is 18.2 Å². The minimum atomic E-state index is -3.95. The molecule has 2 N–H and O–H groups in total. The third-order valence-electron chi connectivity index (χ3n) is 6.30. The van der Waals surface area contributed by atoms with E-state index in [1.807, 2.05) is 42.5 Å². The summed E-state index contributed by atoms with van der Waals surface area (Å²) in [5.74, 6) is 0.860. The van der Waals surface area contributed by atoms with Crippen molar-refractivity contribution >= 4 is 27.5 Å². The second-order valence-electron chi connectivity index (χ2n) is 8.61. The molecule has 7 nitrogen and oxygen atoms in total. The lowest BCUT2D eigenvalue weighted by Gasteiger charge is -2.26. The van der Waals surface area contributed by atoms with Gasteiger partial charge in [-0.2, -0.15) is 0 Å². The average molecular weight is 529 g/mol. The van der Waals surface area contributed by atoms with Gasteiger partial charge in [-0.15, -0.1) is 0 Å². The van der Waals surface area contributed by atoms with Crippen LogP contribution in [0.25, 0.3) is 0 Å². The van der Waals surface area contributed by atoms with Crippen LogP contribution in [-0.2, 0) is 22.9 Å². The van der Waals surface area contributed by atoms with E-state index in [0.717, 1.165) is 29.5 Å². The number of carbonyl (C=O) groups excluding carboxylic acids is 1. The standard InChI is InChI=1S/C27H29ClN2O5S/c1-34-24-13-10-18(16-25(24)35-2)14-15-29-27(31)20-11-12-22(28)26(17-20)36(32,33)30-23-9-5-7-19-6-3-4-8-21(19)23/h3-4,6,8,10-13,16-17,23,30H,5,7,9,14-15H2,1-2H3,(H,29,31)/t23-/m1/s1. The van der Waals surface area contributed by atoms with Crippen LogP contribution < -0.4 is 19.5 Å². The molecular formula is C27H29ClN2O5S. The number of hydrogen-bond acceptors (Lipinski definition) is 5. The Morgan fingerprint density at radius 2 is 1.81 bits per heavy atom. The number of carbonyl (C=O) groups is 1. The number of ether oxygens (including phenoxy) is 2. The highest BCUT2D eigenvalue weighted by Gasteiger charge is 2.27. The molecule has 0 fully saturated rings. The predicted octanol–water partition coefficient (Wildman–Crippen LogP) is 4.69. The van der Waals surface area contributed by atoms with E-state index in [2.05, 4.69) is 10.0 Å². The van der Waals surface area contributed by atoms with E-state index in [1.165, 1.54) is 18.2 Å². The molecule has 0 saturated carbocycles. The molecule has 1 atom stereocenters. The molecule has 3 aromatic rings. The topological polar surface area (TPSA) is 93.7 Å². The Balaban J connectivity index is 1.45. The number of aryl methyl sites for hydroxylation is 1. The van der Waals surface area contributed by atoms with E-state index in [9.17, 15) is 13.2 Å². The van der Waals surface area contributed by atoms with Gasteiger partial charge in [0.15, 0.2) is 11.5 Å². The number of nitrogens with one attached hydrogen (secondary N) is 2. The van der Waals surface area contributed by atoms with Crippen molar-refractivity contribution in [2.75, 3.05) is 20.8 Å². The summed E-state index contributed by atoms with van der Waals surface area (Å²) < 4.78 is 39.9. The summed E-state index contributed by atoms with van der Waals surface area (Å²) in [7, 11) is -0.817. The van der Waals surface area contributed by atoms with Crippen LogP contribution in [0.15, 0.2) is 65.6 Å². The largest absolute Gasteiger partial charge is 0.493 e. The smallest absolute Gasteiger partial charge is 0.251 e. The predicted molar refractivity (Wildman–Crippen MR) is 139 cm³/mol. The molecule has 36 heavy (non-hydrogen) atoms. The van der Waals surface area contributed by atoms with Crippen LogP contribution in [0.5, 0.6) is 11.5 Å². The van der Waals surface area contributed by atoms with Gasteiger partial charge in [0.1, 0.15) is 4.90 Å². The maximum atomic E-state index is 13.3. The fourth-order valence-corrected chi connectivity index (χ4v) is 6.21. The summed E-state index contributed by atoms with van der Waals surface area (Å²) in [6.45, 7) is 0.357. The summed E-state index contributed by atoms with van der Waals surface area (Å²) >= 11 is 6.27. The van der Waals surface area contributed by atoms with Gasteiger partial charge in [-0.1, -0.05) is 41.9 Å². The molecule has 0 unspecified atom stereocenters. The van der Waals surface area contributed by atoms with Crippen molar-refractivity contribution in [2.45, 2.75) is 36.6 Å². The van der Waals surface area contributed by atoms with Gasteiger partial charge >= 0.3 is 0 Å². The zero-order valence-corrected chi connectivity index (χ0v) is 21.8. The normalized spacial score (nSPS) is 15.1. The highest BCUT2D eigenvalue weighted by molar-refractivity contribution is 7.89. The van der Waals surface area contributed by atoms with Crippen molar-refractivity contribution in [1.29, 1.82) is 0 Å². The molecule has 4 rings (SSSR count). The van der Waals surface area contributed by atoms with E-state index in [1.54, 1.807) is 14.2 Å². The molecule has 1 amide bonds. The summed E-state index contributed by atoms with van der Waals surface area (Å²) in [4.78, 5) is 12.7. The lowest BCUT2D eigenvalue weighted by atomic mass is 9.88. The van der Waals surface area contributed by atoms with Gasteiger partial charge in [0.2, 0.25) is 10.0 Å². The summed E-state index contributed by atoms with van der Waals surface area (Å²) in [6, 6.07) is 17.3. The third-order valence-corrected chi connectivity index (χ3v) is 8.25. The van der Waals surface area contributed by atoms with E-state index in [0.29, 0.717) is 30.9 Å². The molecule has 0 aliphatic heterocycles. The average Bonchev–Trinajstić information content (AvgIpc) is 2.88. The second kappa shape index (κ2) is 11.3. The van der Waals surface area contributed by atoms with Crippen molar-refractivity contribution in [1.82, 2.24) is 10.0 Å². The lowest BCUT2D eigenvalue weighted by molar-refractivity contribution is 0.0954. The Labute approximate surface area is 216 Å². The third kappa shape index (κ3) is 5.83. The van der Waals surface area contributed by atoms with Gasteiger partial charge in [-0.3, -0.25) is 4.79 Å². The molecule has 0 saturated heterocycles. The number of methoxy groups -OCH3 is 2. The number of amides is 1. The summed E-state index contributed by atoms with van der Waals surface area (Å²) in [5.41, 5.74) is 3.30. The lowest BCUT2D eigenvalue weighted by Crippen LogP contribution is -2.31. The van der Waals surface area contributed by atoms with Crippen LogP contribution in [0.4, 0.5) is 0 Å². The number of fused-ring (bicyclic) bond motifs is 1. The second-order valence-corrected chi connectivity index (χ2v) is 10.7. The Bertz CT molecular complexity index is 1360. The van der Waals surface area contributed by atoms with Crippen molar-refractivity contribution in [3.8, 4) is 11.5 Å². The van der Waals surface area contributed by atoms with Crippen LogP contribution in [0.2, 0.25) is 5.02 Å². The Hall–Kier alpha value is -3.07. The van der Waals surface area contributed by atoms with Crippen molar-refractivity contribution < 1.29 is 22.7 Å². The molecule has 1 aliphatic rings. The summed E-state index contributed by atoms with van der Waals surface area (Å²) in [6.07, 6.45) is 3.08. The van der Waals surface area contributed by atoms with Crippen LogP contribution in [0, 0.1) is 0 Å². The molecular weight excluding hydrogens is 500 g/mol. The zero-order valence-electron chi connectivity index (χ0n) is 20.2. The van der Waals surface area contributed by atoms with E-state index >= 15 is 0 Å². The van der Waals surface area contributed by atoms with Gasteiger partial charge in [0.05, 0.1) is 19.2 Å². The van der Waals surface area contributed by atoms with E-state index in [-0.39, 0.29) is 27.4 Å². The number of sulfonamides is 1. The van der Waals surface area contributed by atoms with Crippen LogP contribution >= 0.6 is 11.6 Å². The highest BCUT2D eigenvalue weighted by Crippen LogP contribution is 2.32. The molecule has 190 valence electrons. The first-order chi connectivity index (χ1) is 17.3. The van der Waals surface area contributed by atoms with Crippen LogP contribution in [-0.4, -0.2) is 35.1 Å². The van der Waals surface area contributed by atoms with Crippen LogP contribution in [0.3, 0.4) is 0 Å². The molecule has 0 bridgehead atoms. The number of rotatable bonds is 9. The molecule has 3 aromatic carbocycles. The Morgan fingerprint density at radius 1 is 1.03 bits per heavy atom. The number of benzene rings is 3. The first kappa shape index (κ1) is 26.0.